The van der Waals surface area contributed by atoms with Crippen LogP contribution in [-0.4, -0.2) is 17.0 Å². The number of para-hydroxylation sites is 2. The molecule has 68 valence electrons. The van der Waals surface area contributed by atoms with Crippen molar-refractivity contribution in [1.82, 2.24) is 5.28 Å². The van der Waals surface area contributed by atoms with E-state index in [1.54, 1.807) is 11.1 Å². The van der Waals surface area contributed by atoms with E-state index in [2.05, 4.69) is 12.0 Å². The van der Waals surface area contributed by atoms with Crippen LogP contribution >= 0.6 is 0 Å². The molecule has 0 amide bonds. The van der Waals surface area contributed by atoms with Gasteiger partial charge in [-0.25, -0.2) is 0 Å². The lowest BCUT2D eigenvalue weighted by Crippen LogP contribution is -2.38. The van der Waals surface area contributed by atoms with Gasteiger partial charge in [-0.15, -0.1) is 6.58 Å². The molecule has 1 heterocycles. The Morgan fingerprint density at radius 2 is 2.23 bits per heavy atom. The fraction of sp³-hybridized carbons (Fsp3) is 0.111. The van der Waals surface area contributed by atoms with E-state index < -0.39 is 0 Å². The smallest absolute Gasteiger partial charge is 0.0813 e. The summed E-state index contributed by atoms with van der Waals surface area (Å²) in [4.78, 5) is 0. The first-order valence-corrected chi connectivity index (χ1v) is 4.06. The van der Waals surface area contributed by atoms with Crippen molar-refractivity contribution in [2.75, 3.05) is 17.0 Å². The first-order chi connectivity index (χ1) is 6.33. The third kappa shape index (κ3) is 1.26. The highest BCUT2D eigenvalue weighted by Gasteiger charge is 2.23. The molecular formula is C9H11N3O. The standard InChI is InChI=1S/C9H11N3O/c1-2-7-11-9-6-4-3-5-8(9)10-12(11)13/h2-6,10,13H,1,7H2. The van der Waals surface area contributed by atoms with Crippen LogP contribution in [0.2, 0.25) is 0 Å². The number of nitrogens with zero attached hydrogens (tertiary/aromatic N) is 2. The zero-order valence-electron chi connectivity index (χ0n) is 7.14. The fourth-order valence-corrected chi connectivity index (χ4v) is 1.36. The van der Waals surface area contributed by atoms with Gasteiger partial charge in [0.15, 0.2) is 0 Å². The summed E-state index contributed by atoms with van der Waals surface area (Å²) in [6.45, 7) is 4.19. The molecule has 0 bridgehead atoms. The molecule has 0 atom stereocenters. The van der Waals surface area contributed by atoms with Gasteiger partial charge in [-0.05, 0) is 17.4 Å². The van der Waals surface area contributed by atoms with Gasteiger partial charge in [0.25, 0.3) is 0 Å². The lowest BCUT2D eigenvalue weighted by molar-refractivity contribution is -0.0685. The molecule has 1 aliphatic rings. The van der Waals surface area contributed by atoms with Crippen molar-refractivity contribution in [3.05, 3.63) is 36.9 Å². The summed E-state index contributed by atoms with van der Waals surface area (Å²) in [5.74, 6) is 0. The molecule has 0 aliphatic carbocycles. The Kier molecular flexibility index (Phi) is 1.92. The summed E-state index contributed by atoms with van der Waals surface area (Å²) in [5, 5.41) is 12.1. The molecule has 4 nitrogen and oxygen atoms in total. The molecule has 4 heteroatoms. The minimum atomic E-state index is 0.570. The van der Waals surface area contributed by atoms with Crippen LogP contribution < -0.4 is 10.4 Å². The van der Waals surface area contributed by atoms with Gasteiger partial charge in [-0.1, -0.05) is 18.2 Å². The van der Waals surface area contributed by atoms with Crippen molar-refractivity contribution in [3.63, 3.8) is 0 Å². The highest BCUT2D eigenvalue weighted by atomic mass is 16.6. The monoisotopic (exact) mass is 177 g/mol. The number of hydrazine groups is 2. The summed E-state index contributed by atoms with van der Waals surface area (Å²) in [6, 6.07) is 7.68. The molecule has 2 rings (SSSR count). The molecule has 1 aliphatic heterocycles. The van der Waals surface area contributed by atoms with E-state index in [4.69, 9.17) is 0 Å². The van der Waals surface area contributed by atoms with E-state index in [1.165, 1.54) is 0 Å². The molecule has 1 aromatic carbocycles. The maximum absolute atomic E-state index is 9.44. The van der Waals surface area contributed by atoms with Gasteiger partial charge >= 0.3 is 0 Å². The maximum Gasteiger partial charge on any atom is 0.0813 e. The highest BCUT2D eigenvalue weighted by molar-refractivity contribution is 5.72. The van der Waals surface area contributed by atoms with Crippen LogP contribution in [0.5, 0.6) is 0 Å². The minimum absolute atomic E-state index is 0.570. The molecular weight excluding hydrogens is 166 g/mol. The molecule has 13 heavy (non-hydrogen) atoms. The fourth-order valence-electron chi connectivity index (χ4n) is 1.36. The van der Waals surface area contributed by atoms with Gasteiger partial charge in [0.2, 0.25) is 0 Å². The van der Waals surface area contributed by atoms with Crippen molar-refractivity contribution in [2.24, 2.45) is 0 Å². The number of hydrogen-bond acceptors (Lipinski definition) is 4. The second-order valence-electron chi connectivity index (χ2n) is 2.79. The number of hydrogen-bond donors (Lipinski definition) is 2. The van der Waals surface area contributed by atoms with Crippen molar-refractivity contribution in [1.29, 1.82) is 0 Å². The zero-order valence-corrected chi connectivity index (χ0v) is 7.14. The predicted molar refractivity (Wildman–Crippen MR) is 51.2 cm³/mol. The van der Waals surface area contributed by atoms with Gasteiger partial charge < -0.3 is 0 Å². The average molecular weight is 177 g/mol. The molecule has 1 aromatic rings. The first kappa shape index (κ1) is 8.10. The van der Waals surface area contributed by atoms with E-state index in [-0.39, 0.29) is 0 Å². The van der Waals surface area contributed by atoms with E-state index >= 15 is 0 Å². The van der Waals surface area contributed by atoms with Crippen LogP contribution in [0, 0.1) is 0 Å². The van der Waals surface area contributed by atoms with Crippen molar-refractivity contribution in [3.8, 4) is 0 Å². The Morgan fingerprint density at radius 1 is 1.46 bits per heavy atom. The van der Waals surface area contributed by atoms with E-state index in [0.717, 1.165) is 16.7 Å². The lowest BCUT2D eigenvalue weighted by Gasteiger charge is -2.21. The second-order valence-corrected chi connectivity index (χ2v) is 2.79. The normalized spacial score (nSPS) is 15.3. The zero-order chi connectivity index (χ0) is 9.26. The lowest BCUT2D eigenvalue weighted by atomic mass is 10.3. The highest BCUT2D eigenvalue weighted by Crippen LogP contribution is 2.31. The SMILES string of the molecule is C=CCN1c2ccccc2NN1O. The Hall–Kier alpha value is -1.52. The third-order valence-corrected chi connectivity index (χ3v) is 1.93. The topological polar surface area (TPSA) is 38.7 Å². The van der Waals surface area contributed by atoms with Crippen LogP contribution in [-0.2, 0) is 0 Å². The summed E-state index contributed by atoms with van der Waals surface area (Å²) >= 11 is 0. The average Bonchev–Trinajstić information content (AvgIpc) is 2.44. The molecule has 0 saturated heterocycles. The van der Waals surface area contributed by atoms with Crippen molar-refractivity contribution < 1.29 is 5.21 Å². The molecule has 0 radical (unpaired) electrons. The first-order valence-electron chi connectivity index (χ1n) is 4.06. The molecule has 2 N–H and O–H groups in total. The van der Waals surface area contributed by atoms with Crippen LogP contribution in [0.25, 0.3) is 0 Å². The Labute approximate surface area is 76.6 Å². The third-order valence-electron chi connectivity index (χ3n) is 1.93. The van der Waals surface area contributed by atoms with Crippen molar-refractivity contribution in [2.45, 2.75) is 0 Å². The molecule has 0 saturated carbocycles. The van der Waals surface area contributed by atoms with Gasteiger partial charge in [-0.3, -0.25) is 15.6 Å². The number of anilines is 2. The quantitative estimate of drug-likeness (QED) is 0.673. The van der Waals surface area contributed by atoms with E-state index in [1.807, 2.05) is 24.3 Å². The summed E-state index contributed by atoms with van der Waals surface area (Å²) < 4.78 is 0. The molecule has 0 spiro atoms. The number of rotatable bonds is 2. The number of nitrogens with one attached hydrogen (secondary N) is 1. The predicted octanol–water partition coefficient (Wildman–Crippen LogP) is 1.63. The van der Waals surface area contributed by atoms with Gasteiger partial charge in [0.1, 0.15) is 0 Å². The van der Waals surface area contributed by atoms with Crippen LogP contribution in [0.15, 0.2) is 36.9 Å². The number of benzene rings is 1. The summed E-state index contributed by atoms with van der Waals surface area (Å²) in [7, 11) is 0. The number of fused-ring (bicyclic) bond motifs is 1. The summed E-state index contributed by atoms with van der Waals surface area (Å²) in [6.07, 6.45) is 1.73. The van der Waals surface area contributed by atoms with Gasteiger partial charge in [0, 0.05) is 0 Å². The van der Waals surface area contributed by atoms with Crippen LogP contribution in [0.4, 0.5) is 11.4 Å². The Balaban J connectivity index is 2.34. The molecule has 0 unspecified atom stereocenters. The van der Waals surface area contributed by atoms with Gasteiger partial charge in [0.05, 0.1) is 17.9 Å². The second kappa shape index (κ2) is 3.08. The Morgan fingerprint density at radius 3 is 3.00 bits per heavy atom. The molecule has 0 aromatic heterocycles. The molecule has 0 fully saturated rings. The maximum atomic E-state index is 9.44. The van der Waals surface area contributed by atoms with Crippen molar-refractivity contribution >= 4 is 11.4 Å². The van der Waals surface area contributed by atoms with Crippen LogP contribution in [0.3, 0.4) is 0 Å². The summed E-state index contributed by atoms with van der Waals surface area (Å²) in [5.41, 5.74) is 4.64. The minimum Gasteiger partial charge on any atom is -0.276 e. The van der Waals surface area contributed by atoms with E-state index in [9.17, 15) is 5.21 Å². The van der Waals surface area contributed by atoms with Crippen LogP contribution in [0.1, 0.15) is 0 Å². The largest absolute Gasteiger partial charge is 0.276 e. The van der Waals surface area contributed by atoms with Gasteiger partial charge in [-0.2, -0.15) is 0 Å². The Bertz CT molecular complexity index is 326. The van der Waals surface area contributed by atoms with E-state index in [0.29, 0.717) is 6.54 Å².